The molecule has 25 heavy (non-hydrogen) atoms. The number of benzene rings is 2. The second-order valence-corrected chi connectivity index (χ2v) is 6.10. The molecule has 1 N–H and O–H groups in total. The van der Waals surface area contributed by atoms with Crippen LogP contribution >= 0.6 is 11.6 Å². The molecule has 0 fully saturated rings. The summed E-state index contributed by atoms with van der Waals surface area (Å²) in [6.07, 6.45) is -0.732. The molecule has 5 nitrogen and oxygen atoms in total. The summed E-state index contributed by atoms with van der Waals surface area (Å²) in [6, 6.07) is 13.4. The van der Waals surface area contributed by atoms with Crippen molar-refractivity contribution in [2.45, 2.75) is 20.0 Å². The highest BCUT2D eigenvalue weighted by atomic mass is 35.5. The topological polar surface area (TPSA) is 68.5 Å². The van der Waals surface area contributed by atoms with Crippen LogP contribution in [-0.2, 0) is 4.79 Å². The Bertz CT molecular complexity index is 979. The van der Waals surface area contributed by atoms with Crippen LogP contribution < -0.4 is 15.7 Å². The van der Waals surface area contributed by atoms with Gasteiger partial charge in [-0.05, 0) is 55.8 Å². The van der Waals surface area contributed by atoms with Gasteiger partial charge in [-0.1, -0.05) is 11.6 Å². The average molecular weight is 358 g/mol. The second kappa shape index (κ2) is 6.99. The first-order valence-electron chi connectivity index (χ1n) is 7.70. The summed E-state index contributed by atoms with van der Waals surface area (Å²) in [5, 5.41) is 4.17. The monoisotopic (exact) mass is 357 g/mol. The third-order valence-electron chi connectivity index (χ3n) is 3.72. The quantitative estimate of drug-likeness (QED) is 0.712. The van der Waals surface area contributed by atoms with Gasteiger partial charge in [-0.25, -0.2) is 4.79 Å². The Kier molecular flexibility index (Phi) is 4.76. The summed E-state index contributed by atoms with van der Waals surface area (Å²) in [5.41, 5.74) is 1.46. The van der Waals surface area contributed by atoms with Crippen LogP contribution in [-0.4, -0.2) is 12.0 Å². The number of carbonyl (C=O) groups excluding carboxylic acids is 1. The fourth-order valence-electron chi connectivity index (χ4n) is 2.41. The molecule has 0 aliphatic heterocycles. The average Bonchev–Trinajstić information content (AvgIpc) is 2.56. The van der Waals surface area contributed by atoms with Crippen molar-refractivity contribution in [3.05, 3.63) is 69.5 Å². The molecule has 0 aliphatic rings. The third-order valence-corrected chi connectivity index (χ3v) is 3.97. The molecule has 0 aliphatic carbocycles. The molecule has 128 valence electrons. The normalized spacial score (nSPS) is 12.0. The van der Waals surface area contributed by atoms with Crippen LogP contribution in [0.3, 0.4) is 0 Å². The molecular formula is C19H16ClNO4. The minimum absolute atomic E-state index is 0.298. The number of hydrogen-bond donors (Lipinski definition) is 1. The van der Waals surface area contributed by atoms with Gasteiger partial charge in [0.15, 0.2) is 6.10 Å². The molecule has 1 unspecified atom stereocenters. The van der Waals surface area contributed by atoms with Gasteiger partial charge in [0, 0.05) is 28.2 Å². The van der Waals surface area contributed by atoms with E-state index in [4.69, 9.17) is 20.8 Å². The lowest BCUT2D eigenvalue weighted by atomic mass is 10.1. The number of halogens is 1. The smallest absolute Gasteiger partial charge is 0.336 e. The van der Waals surface area contributed by atoms with Crippen molar-refractivity contribution < 1.29 is 13.9 Å². The van der Waals surface area contributed by atoms with Gasteiger partial charge in [0.05, 0.1) is 0 Å². The number of aryl methyl sites for hydroxylation is 1. The molecule has 3 aromatic rings. The predicted molar refractivity (Wildman–Crippen MR) is 97.4 cm³/mol. The summed E-state index contributed by atoms with van der Waals surface area (Å²) in [4.78, 5) is 23.7. The Balaban J connectivity index is 1.74. The lowest BCUT2D eigenvalue weighted by Gasteiger charge is -2.15. The van der Waals surface area contributed by atoms with E-state index in [0.29, 0.717) is 22.0 Å². The SMILES string of the molecule is Cc1cc(=O)oc2cc(OC(C)C(=O)Nc3ccc(Cl)cc3)ccc12. The van der Waals surface area contributed by atoms with Crippen LogP contribution in [0.5, 0.6) is 5.75 Å². The van der Waals surface area contributed by atoms with E-state index in [0.717, 1.165) is 10.9 Å². The lowest BCUT2D eigenvalue weighted by Crippen LogP contribution is -2.30. The van der Waals surface area contributed by atoms with E-state index < -0.39 is 11.7 Å². The van der Waals surface area contributed by atoms with Crippen LogP contribution in [0.4, 0.5) is 5.69 Å². The largest absolute Gasteiger partial charge is 0.481 e. The van der Waals surface area contributed by atoms with E-state index >= 15 is 0 Å². The Labute approximate surface area is 149 Å². The summed E-state index contributed by atoms with van der Waals surface area (Å²) in [7, 11) is 0. The van der Waals surface area contributed by atoms with Crippen molar-refractivity contribution in [1.82, 2.24) is 0 Å². The van der Waals surface area contributed by atoms with Gasteiger partial charge in [-0.15, -0.1) is 0 Å². The number of ether oxygens (including phenoxy) is 1. The first-order valence-corrected chi connectivity index (χ1v) is 8.08. The Morgan fingerprint density at radius 3 is 2.60 bits per heavy atom. The molecule has 0 radical (unpaired) electrons. The summed E-state index contributed by atoms with van der Waals surface area (Å²) in [5.74, 6) is 0.146. The van der Waals surface area contributed by atoms with E-state index in [1.807, 2.05) is 6.92 Å². The van der Waals surface area contributed by atoms with Gasteiger partial charge in [0.2, 0.25) is 0 Å². The standard InChI is InChI=1S/C19H16ClNO4/c1-11-9-18(22)25-17-10-15(7-8-16(11)17)24-12(2)19(23)21-14-5-3-13(20)4-6-14/h3-10,12H,1-2H3,(H,21,23). The van der Waals surface area contributed by atoms with Crippen LogP contribution in [0.2, 0.25) is 5.02 Å². The Morgan fingerprint density at radius 2 is 1.88 bits per heavy atom. The summed E-state index contributed by atoms with van der Waals surface area (Å²) in [6.45, 7) is 3.48. The number of rotatable bonds is 4. The molecule has 1 amide bonds. The zero-order valence-corrected chi connectivity index (χ0v) is 14.5. The zero-order chi connectivity index (χ0) is 18.0. The Hall–Kier alpha value is -2.79. The number of nitrogens with one attached hydrogen (secondary N) is 1. The highest BCUT2D eigenvalue weighted by molar-refractivity contribution is 6.30. The molecule has 1 heterocycles. The number of anilines is 1. The maximum Gasteiger partial charge on any atom is 0.336 e. The second-order valence-electron chi connectivity index (χ2n) is 5.66. The fourth-order valence-corrected chi connectivity index (χ4v) is 2.54. The molecule has 1 aromatic heterocycles. The highest BCUT2D eigenvalue weighted by Crippen LogP contribution is 2.23. The molecule has 0 spiro atoms. The maximum atomic E-state index is 12.2. The number of amides is 1. The van der Waals surface area contributed by atoms with E-state index in [1.165, 1.54) is 6.07 Å². The van der Waals surface area contributed by atoms with Crippen molar-refractivity contribution in [2.24, 2.45) is 0 Å². The van der Waals surface area contributed by atoms with E-state index in [1.54, 1.807) is 49.4 Å². The van der Waals surface area contributed by atoms with Crippen molar-refractivity contribution in [1.29, 1.82) is 0 Å². The van der Waals surface area contributed by atoms with Gasteiger partial charge in [0.1, 0.15) is 11.3 Å². The van der Waals surface area contributed by atoms with Gasteiger partial charge < -0.3 is 14.5 Å². The first-order chi connectivity index (χ1) is 11.9. The molecule has 6 heteroatoms. The predicted octanol–water partition coefficient (Wildman–Crippen LogP) is 4.16. The van der Waals surface area contributed by atoms with Crippen molar-refractivity contribution in [3.63, 3.8) is 0 Å². The maximum absolute atomic E-state index is 12.2. The minimum Gasteiger partial charge on any atom is -0.481 e. The van der Waals surface area contributed by atoms with Crippen molar-refractivity contribution in [3.8, 4) is 5.75 Å². The van der Waals surface area contributed by atoms with Crippen LogP contribution in [0.25, 0.3) is 11.0 Å². The zero-order valence-electron chi connectivity index (χ0n) is 13.7. The van der Waals surface area contributed by atoms with Crippen molar-refractivity contribution >= 4 is 34.2 Å². The van der Waals surface area contributed by atoms with Gasteiger partial charge in [-0.2, -0.15) is 0 Å². The van der Waals surface area contributed by atoms with E-state index in [2.05, 4.69) is 5.32 Å². The summed E-state index contributed by atoms with van der Waals surface area (Å²) < 4.78 is 10.8. The third kappa shape index (κ3) is 4.00. The molecule has 2 aromatic carbocycles. The highest BCUT2D eigenvalue weighted by Gasteiger charge is 2.15. The number of carbonyl (C=O) groups is 1. The van der Waals surface area contributed by atoms with Gasteiger partial charge in [0.25, 0.3) is 5.91 Å². The molecule has 1 atom stereocenters. The van der Waals surface area contributed by atoms with E-state index in [-0.39, 0.29) is 5.91 Å². The minimum atomic E-state index is -0.732. The lowest BCUT2D eigenvalue weighted by molar-refractivity contribution is -0.122. The van der Waals surface area contributed by atoms with Crippen LogP contribution in [0, 0.1) is 6.92 Å². The molecule has 0 saturated heterocycles. The molecule has 3 rings (SSSR count). The van der Waals surface area contributed by atoms with Crippen LogP contribution in [0.1, 0.15) is 12.5 Å². The fraction of sp³-hybridized carbons (Fsp3) is 0.158. The van der Waals surface area contributed by atoms with E-state index in [9.17, 15) is 9.59 Å². The summed E-state index contributed by atoms with van der Waals surface area (Å²) >= 11 is 5.82. The molecule has 0 saturated carbocycles. The molecule has 0 bridgehead atoms. The first kappa shape index (κ1) is 17.0. The van der Waals surface area contributed by atoms with Gasteiger partial charge >= 0.3 is 5.63 Å². The number of hydrogen-bond acceptors (Lipinski definition) is 4. The molecular weight excluding hydrogens is 342 g/mol. The van der Waals surface area contributed by atoms with Crippen LogP contribution in [0.15, 0.2) is 57.7 Å². The van der Waals surface area contributed by atoms with Crippen molar-refractivity contribution in [2.75, 3.05) is 5.32 Å². The Morgan fingerprint density at radius 1 is 1.16 bits per heavy atom. The number of fused-ring (bicyclic) bond motifs is 1. The van der Waals surface area contributed by atoms with Gasteiger partial charge in [-0.3, -0.25) is 4.79 Å².